The number of para-hydroxylation sites is 2. The molecule has 282 valence electrons. The van der Waals surface area contributed by atoms with Crippen LogP contribution in [0, 0.1) is 0 Å². The Morgan fingerprint density at radius 2 is 0.817 bits per heavy atom. The SMILES string of the molecule is c1ccc(-c2ccc(-c3ccc(N(c4ccccc4-c4cccc5cccc(-c6ccccc6)c45)c4cccc5oc6ccccc6c45)cc3)cc2-c2ccccc2)cc1. The van der Waals surface area contributed by atoms with E-state index in [2.05, 4.69) is 235 Å². The van der Waals surface area contributed by atoms with Gasteiger partial charge in [0.1, 0.15) is 11.2 Å². The fraction of sp³-hybridized carbons (Fsp3) is 0. The van der Waals surface area contributed by atoms with E-state index in [1.807, 2.05) is 6.07 Å². The molecule has 0 N–H and O–H groups in total. The van der Waals surface area contributed by atoms with E-state index >= 15 is 0 Å². The van der Waals surface area contributed by atoms with Crippen LogP contribution < -0.4 is 4.90 Å². The van der Waals surface area contributed by atoms with Crippen molar-refractivity contribution in [2.75, 3.05) is 4.90 Å². The molecule has 0 saturated heterocycles. The maximum atomic E-state index is 6.49. The molecule has 2 heteroatoms. The number of benzene rings is 10. The second-order valence-corrected chi connectivity index (χ2v) is 15.2. The molecule has 11 rings (SSSR count). The van der Waals surface area contributed by atoms with E-state index in [4.69, 9.17) is 4.42 Å². The molecule has 0 aliphatic heterocycles. The van der Waals surface area contributed by atoms with Crippen LogP contribution in [0.1, 0.15) is 0 Å². The molecule has 0 saturated carbocycles. The summed E-state index contributed by atoms with van der Waals surface area (Å²) >= 11 is 0. The fourth-order valence-corrected chi connectivity index (χ4v) is 8.92. The molecule has 2 nitrogen and oxygen atoms in total. The minimum Gasteiger partial charge on any atom is -0.456 e. The van der Waals surface area contributed by atoms with Crippen molar-refractivity contribution in [1.29, 1.82) is 0 Å². The number of rotatable bonds is 8. The number of anilines is 3. The fourth-order valence-electron chi connectivity index (χ4n) is 8.92. The van der Waals surface area contributed by atoms with Gasteiger partial charge in [0.05, 0.1) is 16.8 Å². The normalized spacial score (nSPS) is 11.3. The monoisotopic (exact) mass is 765 g/mol. The van der Waals surface area contributed by atoms with Crippen molar-refractivity contribution in [3.05, 3.63) is 237 Å². The first-order valence-corrected chi connectivity index (χ1v) is 20.5. The Bertz CT molecular complexity index is 3290. The van der Waals surface area contributed by atoms with Gasteiger partial charge in [0.25, 0.3) is 0 Å². The Balaban J connectivity index is 1.11. The van der Waals surface area contributed by atoms with Gasteiger partial charge in [-0.15, -0.1) is 0 Å². The number of furan rings is 1. The number of hydrogen-bond acceptors (Lipinski definition) is 2. The van der Waals surface area contributed by atoms with Crippen LogP contribution in [-0.4, -0.2) is 0 Å². The summed E-state index contributed by atoms with van der Waals surface area (Å²) < 4.78 is 6.49. The largest absolute Gasteiger partial charge is 0.456 e. The summed E-state index contributed by atoms with van der Waals surface area (Å²) in [7, 11) is 0. The zero-order valence-electron chi connectivity index (χ0n) is 32.9. The van der Waals surface area contributed by atoms with Gasteiger partial charge in [0.15, 0.2) is 0 Å². The van der Waals surface area contributed by atoms with Gasteiger partial charge in [-0.1, -0.05) is 194 Å². The predicted octanol–water partition coefficient (Wildman–Crippen LogP) is 16.5. The molecule has 60 heavy (non-hydrogen) atoms. The van der Waals surface area contributed by atoms with Crippen LogP contribution in [0.25, 0.3) is 88.3 Å². The molecule has 0 radical (unpaired) electrons. The van der Waals surface area contributed by atoms with Crippen LogP contribution >= 0.6 is 0 Å². The van der Waals surface area contributed by atoms with Gasteiger partial charge < -0.3 is 9.32 Å². The van der Waals surface area contributed by atoms with Gasteiger partial charge in [0.2, 0.25) is 0 Å². The van der Waals surface area contributed by atoms with E-state index in [1.165, 1.54) is 55.3 Å². The molecule has 0 spiro atoms. The topological polar surface area (TPSA) is 16.4 Å². The average molecular weight is 766 g/mol. The van der Waals surface area contributed by atoms with E-state index in [0.717, 1.165) is 50.1 Å². The Morgan fingerprint density at radius 1 is 0.283 bits per heavy atom. The second kappa shape index (κ2) is 15.1. The lowest BCUT2D eigenvalue weighted by Gasteiger charge is -2.29. The molecule has 1 heterocycles. The Hall–Kier alpha value is -7.94. The molecule has 10 aromatic carbocycles. The highest BCUT2D eigenvalue weighted by molar-refractivity contribution is 6.15. The average Bonchev–Trinajstić information content (AvgIpc) is 3.72. The van der Waals surface area contributed by atoms with Crippen molar-refractivity contribution in [2.45, 2.75) is 0 Å². The summed E-state index contributed by atoms with van der Waals surface area (Å²) in [6.07, 6.45) is 0. The Labute approximate surface area is 349 Å². The van der Waals surface area contributed by atoms with Crippen molar-refractivity contribution in [3.63, 3.8) is 0 Å². The minimum atomic E-state index is 0.858. The van der Waals surface area contributed by atoms with Gasteiger partial charge in [-0.3, -0.25) is 0 Å². The zero-order valence-corrected chi connectivity index (χ0v) is 32.9. The smallest absolute Gasteiger partial charge is 0.137 e. The molecule has 11 aromatic rings. The van der Waals surface area contributed by atoms with E-state index < -0.39 is 0 Å². The number of nitrogens with zero attached hydrogens (tertiary/aromatic N) is 1. The first kappa shape index (κ1) is 35.2. The van der Waals surface area contributed by atoms with E-state index in [0.29, 0.717) is 0 Å². The third-order valence-corrected chi connectivity index (χ3v) is 11.7. The van der Waals surface area contributed by atoms with Crippen molar-refractivity contribution in [3.8, 4) is 55.6 Å². The van der Waals surface area contributed by atoms with Crippen molar-refractivity contribution >= 4 is 49.8 Å². The summed E-state index contributed by atoms with van der Waals surface area (Å²) in [5.41, 5.74) is 16.8. The minimum absolute atomic E-state index is 0.858. The summed E-state index contributed by atoms with van der Waals surface area (Å²) in [6, 6.07) is 84.9. The lowest BCUT2D eigenvalue weighted by Crippen LogP contribution is -2.11. The standard InChI is InChI=1S/C58H39NO/c1-4-17-41(18-5-1)47-38-35-45(39-52(47)43-21-8-3-9-22-43)40-33-36-46(37-34-40)59(54-30-16-32-56-58(54)51-26-11-13-31-55(51)60-56)53-29-12-10-25-49(53)50-28-15-24-44-23-14-27-48(57(44)50)42-19-6-2-7-20-42/h1-39H. The molecule has 0 atom stereocenters. The lowest BCUT2D eigenvalue weighted by atomic mass is 9.90. The first-order valence-electron chi connectivity index (χ1n) is 20.5. The summed E-state index contributed by atoms with van der Waals surface area (Å²) in [5.74, 6) is 0. The maximum absolute atomic E-state index is 6.49. The third kappa shape index (κ3) is 6.23. The first-order chi connectivity index (χ1) is 29.8. The van der Waals surface area contributed by atoms with E-state index in [9.17, 15) is 0 Å². The highest BCUT2D eigenvalue weighted by Gasteiger charge is 2.23. The molecule has 0 bridgehead atoms. The van der Waals surface area contributed by atoms with Gasteiger partial charge in [-0.25, -0.2) is 0 Å². The summed E-state index contributed by atoms with van der Waals surface area (Å²) in [4.78, 5) is 2.42. The molecule has 0 unspecified atom stereocenters. The molecule has 0 aliphatic rings. The third-order valence-electron chi connectivity index (χ3n) is 11.7. The highest BCUT2D eigenvalue weighted by Crippen LogP contribution is 2.48. The van der Waals surface area contributed by atoms with Gasteiger partial charge in [0, 0.05) is 16.6 Å². The van der Waals surface area contributed by atoms with Gasteiger partial charge >= 0.3 is 0 Å². The summed E-state index contributed by atoms with van der Waals surface area (Å²) in [6.45, 7) is 0. The van der Waals surface area contributed by atoms with Crippen molar-refractivity contribution < 1.29 is 4.42 Å². The molecule has 0 amide bonds. The van der Waals surface area contributed by atoms with Crippen molar-refractivity contribution in [1.82, 2.24) is 0 Å². The van der Waals surface area contributed by atoms with Crippen LogP contribution in [0.2, 0.25) is 0 Å². The van der Waals surface area contributed by atoms with E-state index in [1.54, 1.807) is 0 Å². The van der Waals surface area contributed by atoms with Gasteiger partial charge in [-0.2, -0.15) is 0 Å². The number of hydrogen-bond donors (Lipinski definition) is 0. The molecular weight excluding hydrogens is 727 g/mol. The van der Waals surface area contributed by atoms with Crippen LogP contribution in [0.3, 0.4) is 0 Å². The zero-order chi connectivity index (χ0) is 39.8. The van der Waals surface area contributed by atoms with E-state index in [-0.39, 0.29) is 0 Å². The molecule has 0 fully saturated rings. The lowest BCUT2D eigenvalue weighted by molar-refractivity contribution is 0.669. The quantitative estimate of drug-likeness (QED) is 0.153. The van der Waals surface area contributed by atoms with Crippen LogP contribution in [-0.2, 0) is 0 Å². The van der Waals surface area contributed by atoms with Gasteiger partial charge in [-0.05, 0) is 103 Å². The second-order valence-electron chi connectivity index (χ2n) is 15.2. The number of fused-ring (bicyclic) bond motifs is 4. The Kier molecular flexibility index (Phi) is 8.87. The molecule has 1 aromatic heterocycles. The van der Waals surface area contributed by atoms with Crippen LogP contribution in [0.15, 0.2) is 241 Å². The van der Waals surface area contributed by atoms with Crippen LogP contribution in [0.5, 0.6) is 0 Å². The van der Waals surface area contributed by atoms with Crippen molar-refractivity contribution in [2.24, 2.45) is 0 Å². The molecule has 0 aliphatic carbocycles. The Morgan fingerprint density at radius 3 is 1.55 bits per heavy atom. The highest BCUT2D eigenvalue weighted by atomic mass is 16.3. The molecular formula is C58H39NO. The predicted molar refractivity (Wildman–Crippen MR) is 253 cm³/mol. The van der Waals surface area contributed by atoms with Crippen LogP contribution in [0.4, 0.5) is 17.1 Å². The maximum Gasteiger partial charge on any atom is 0.137 e. The summed E-state index contributed by atoms with van der Waals surface area (Å²) in [5, 5.41) is 4.61.